The summed E-state index contributed by atoms with van der Waals surface area (Å²) in [4.78, 5) is 29.6. The normalized spacial score (nSPS) is 27.5. The molecule has 2 fully saturated rings. The van der Waals surface area contributed by atoms with Gasteiger partial charge in [-0.3, -0.25) is 9.78 Å². The summed E-state index contributed by atoms with van der Waals surface area (Å²) in [5.41, 5.74) is 0.875. The van der Waals surface area contributed by atoms with Gasteiger partial charge in [-0.05, 0) is 37.3 Å². The minimum atomic E-state index is -0.764. The van der Waals surface area contributed by atoms with E-state index in [1.54, 1.807) is 23.4 Å². The highest BCUT2D eigenvalue weighted by Gasteiger charge is 2.55. The molecule has 1 aliphatic carbocycles. The maximum atomic E-state index is 12.4. The van der Waals surface area contributed by atoms with E-state index in [4.69, 9.17) is 0 Å². The van der Waals surface area contributed by atoms with Crippen molar-refractivity contribution < 1.29 is 14.7 Å². The van der Waals surface area contributed by atoms with E-state index < -0.39 is 11.4 Å². The number of carbonyl (C=O) groups excluding carboxylic acids is 1. The number of nitrogens with one attached hydrogen (secondary N) is 1. The van der Waals surface area contributed by atoms with Gasteiger partial charge < -0.3 is 15.3 Å². The predicted molar refractivity (Wildman–Crippen MR) is 77.0 cm³/mol. The lowest BCUT2D eigenvalue weighted by atomic mass is 9.81. The van der Waals surface area contributed by atoms with Gasteiger partial charge in [-0.15, -0.1) is 0 Å². The Balaban J connectivity index is 1.73. The first-order valence-electron chi connectivity index (χ1n) is 7.23. The number of carbonyl (C=O) groups is 2. The molecule has 6 nitrogen and oxygen atoms in total. The molecule has 2 heterocycles. The molecule has 0 radical (unpaired) electrons. The Morgan fingerprint density at radius 3 is 3.00 bits per heavy atom. The zero-order chi connectivity index (χ0) is 15.0. The van der Waals surface area contributed by atoms with Gasteiger partial charge in [0, 0.05) is 31.2 Å². The predicted octanol–water partition coefficient (Wildman–Crippen LogP) is 2.11. The molecule has 0 spiro atoms. The van der Waals surface area contributed by atoms with E-state index in [0.717, 1.165) is 24.1 Å². The van der Waals surface area contributed by atoms with Crippen LogP contribution in [0.5, 0.6) is 0 Å². The second-order valence-corrected chi connectivity index (χ2v) is 6.05. The molecule has 0 aromatic carbocycles. The van der Waals surface area contributed by atoms with Crippen molar-refractivity contribution in [3.05, 3.63) is 24.0 Å². The molecule has 2 amide bonds. The van der Waals surface area contributed by atoms with Gasteiger partial charge in [-0.1, -0.05) is 6.42 Å². The van der Waals surface area contributed by atoms with Crippen molar-refractivity contribution in [2.45, 2.75) is 26.2 Å². The number of carboxylic acid groups (broad SMARTS) is 1. The van der Waals surface area contributed by atoms with E-state index in [1.165, 1.54) is 0 Å². The standard InChI is InChI=1S/C15H19N3O3/c1-10-7-16-6-4-12(10)17-14(21)18-8-11-3-2-5-15(11,9-18)13(19)20/h4,6-7,11H,2-3,5,8-9H2,1H3,(H,19,20)(H,16,17,21)/t11-,15+/m0/s1. The van der Waals surface area contributed by atoms with Gasteiger partial charge in [0.05, 0.1) is 5.41 Å². The molecular weight excluding hydrogens is 270 g/mol. The van der Waals surface area contributed by atoms with Gasteiger partial charge in [0.25, 0.3) is 0 Å². The quantitative estimate of drug-likeness (QED) is 0.873. The van der Waals surface area contributed by atoms with Crippen molar-refractivity contribution in [3.8, 4) is 0 Å². The molecule has 1 aromatic heterocycles. The van der Waals surface area contributed by atoms with Crippen LogP contribution in [0.4, 0.5) is 10.5 Å². The number of carboxylic acids is 1. The first-order chi connectivity index (χ1) is 10.0. The highest BCUT2D eigenvalue weighted by molar-refractivity contribution is 5.91. The van der Waals surface area contributed by atoms with Crippen molar-refractivity contribution in [2.24, 2.45) is 11.3 Å². The van der Waals surface area contributed by atoms with Gasteiger partial charge in [0.15, 0.2) is 0 Å². The molecule has 2 atom stereocenters. The van der Waals surface area contributed by atoms with Crippen LogP contribution in [0.15, 0.2) is 18.5 Å². The lowest BCUT2D eigenvalue weighted by Gasteiger charge is -2.23. The summed E-state index contributed by atoms with van der Waals surface area (Å²) in [5.74, 6) is -0.681. The molecular formula is C15H19N3O3. The van der Waals surface area contributed by atoms with E-state index in [0.29, 0.717) is 19.5 Å². The Bertz CT molecular complexity index is 589. The summed E-state index contributed by atoms with van der Waals surface area (Å²) >= 11 is 0. The first kappa shape index (κ1) is 13.9. The number of hydrogen-bond donors (Lipinski definition) is 2. The highest BCUT2D eigenvalue weighted by Crippen LogP contribution is 2.48. The number of aliphatic carboxylic acids is 1. The van der Waals surface area contributed by atoms with Gasteiger partial charge in [-0.25, -0.2) is 4.79 Å². The van der Waals surface area contributed by atoms with Crippen LogP contribution in [0, 0.1) is 18.3 Å². The van der Waals surface area contributed by atoms with Gasteiger partial charge in [-0.2, -0.15) is 0 Å². The number of anilines is 1. The summed E-state index contributed by atoms with van der Waals surface area (Å²) in [6.07, 6.45) is 5.82. The summed E-state index contributed by atoms with van der Waals surface area (Å²) < 4.78 is 0. The number of fused-ring (bicyclic) bond motifs is 1. The van der Waals surface area contributed by atoms with Gasteiger partial charge in [0.1, 0.15) is 0 Å². The van der Waals surface area contributed by atoms with Crippen LogP contribution < -0.4 is 5.32 Å². The van der Waals surface area contributed by atoms with Crippen LogP contribution in [0.3, 0.4) is 0 Å². The topological polar surface area (TPSA) is 82.5 Å². The largest absolute Gasteiger partial charge is 0.481 e. The minimum Gasteiger partial charge on any atom is -0.481 e. The summed E-state index contributed by atoms with van der Waals surface area (Å²) in [5, 5.41) is 12.4. The fourth-order valence-electron chi connectivity index (χ4n) is 3.60. The Kier molecular flexibility index (Phi) is 3.31. The van der Waals surface area contributed by atoms with Crippen molar-refractivity contribution in [1.82, 2.24) is 9.88 Å². The second-order valence-electron chi connectivity index (χ2n) is 6.05. The lowest BCUT2D eigenvalue weighted by Crippen LogP contribution is -2.38. The van der Waals surface area contributed by atoms with Crippen LogP contribution in [-0.2, 0) is 4.79 Å². The number of pyridine rings is 1. The molecule has 1 saturated carbocycles. The molecule has 0 bridgehead atoms. The third kappa shape index (κ3) is 2.24. The Labute approximate surface area is 123 Å². The second kappa shape index (κ2) is 5.02. The first-order valence-corrected chi connectivity index (χ1v) is 7.23. The number of likely N-dealkylation sites (tertiary alicyclic amines) is 1. The van der Waals surface area contributed by atoms with Crippen LogP contribution in [0.2, 0.25) is 0 Å². The van der Waals surface area contributed by atoms with E-state index in [2.05, 4.69) is 10.3 Å². The van der Waals surface area contributed by atoms with Crippen LogP contribution in [0.1, 0.15) is 24.8 Å². The van der Waals surface area contributed by atoms with Crippen molar-refractivity contribution in [2.75, 3.05) is 18.4 Å². The average molecular weight is 289 g/mol. The Morgan fingerprint density at radius 2 is 2.33 bits per heavy atom. The van der Waals surface area contributed by atoms with E-state index in [1.807, 2.05) is 6.92 Å². The van der Waals surface area contributed by atoms with Crippen molar-refractivity contribution in [1.29, 1.82) is 0 Å². The molecule has 0 unspecified atom stereocenters. The maximum Gasteiger partial charge on any atom is 0.321 e. The smallest absolute Gasteiger partial charge is 0.321 e. The van der Waals surface area contributed by atoms with Crippen LogP contribution in [-0.4, -0.2) is 40.1 Å². The van der Waals surface area contributed by atoms with Crippen molar-refractivity contribution >= 4 is 17.7 Å². The number of aryl methyl sites for hydroxylation is 1. The molecule has 1 saturated heterocycles. The molecule has 3 rings (SSSR count). The number of urea groups is 1. The number of aromatic nitrogens is 1. The fourth-order valence-corrected chi connectivity index (χ4v) is 3.60. The third-order valence-electron chi connectivity index (χ3n) is 4.85. The lowest BCUT2D eigenvalue weighted by molar-refractivity contribution is -0.149. The fraction of sp³-hybridized carbons (Fsp3) is 0.533. The van der Waals surface area contributed by atoms with E-state index in [9.17, 15) is 14.7 Å². The Hall–Kier alpha value is -2.11. The third-order valence-corrected chi connectivity index (χ3v) is 4.85. The van der Waals surface area contributed by atoms with E-state index in [-0.39, 0.29) is 11.9 Å². The minimum absolute atomic E-state index is 0.0827. The molecule has 2 N–H and O–H groups in total. The average Bonchev–Trinajstić information content (AvgIpc) is 2.99. The monoisotopic (exact) mass is 289 g/mol. The molecule has 6 heteroatoms. The van der Waals surface area contributed by atoms with Crippen LogP contribution >= 0.6 is 0 Å². The zero-order valence-corrected chi connectivity index (χ0v) is 12.0. The molecule has 2 aliphatic rings. The Morgan fingerprint density at radius 1 is 1.52 bits per heavy atom. The van der Waals surface area contributed by atoms with Crippen molar-refractivity contribution in [3.63, 3.8) is 0 Å². The highest BCUT2D eigenvalue weighted by atomic mass is 16.4. The number of nitrogens with zero attached hydrogens (tertiary/aromatic N) is 2. The maximum absolute atomic E-state index is 12.4. The SMILES string of the molecule is Cc1cnccc1NC(=O)N1C[C@@H]2CCC[C@@]2(C(=O)O)C1. The van der Waals surface area contributed by atoms with Gasteiger partial charge in [0.2, 0.25) is 0 Å². The molecule has 112 valence electrons. The summed E-state index contributed by atoms with van der Waals surface area (Å²) in [6, 6.07) is 1.52. The number of hydrogen-bond acceptors (Lipinski definition) is 3. The molecule has 21 heavy (non-hydrogen) atoms. The molecule has 1 aromatic rings. The zero-order valence-electron chi connectivity index (χ0n) is 12.0. The van der Waals surface area contributed by atoms with E-state index >= 15 is 0 Å². The number of amides is 2. The van der Waals surface area contributed by atoms with Gasteiger partial charge >= 0.3 is 12.0 Å². The summed E-state index contributed by atoms with van der Waals surface area (Å²) in [6.45, 7) is 2.71. The number of rotatable bonds is 2. The summed E-state index contributed by atoms with van der Waals surface area (Å²) in [7, 11) is 0. The van der Waals surface area contributed by atoms with Crippen LogP contribution in [0.25, 0.3) is 0 Å². The molecule has 1 aliphatic heterocycles.